The Balaban J connectivity index is 2.79. The van der Waals surface area contributed by atoms with Crippen LogP contribution in [0.2, 0.25) is 0 Å². The molecule has 1 aromatic carbocycles. The molecule has 1 unspecified atom stereocenters. The van der Waals surface area contributed by atoms with E-state index in [4.69, 9.17) is 10.5 Å². The third-order valence-electron chi connectivity index (χ3n) is 3.00. The van der Waals surface area contributed by atoms with Crippen LogP contribution in [0.1, 0.15) is 19.4 Å². The normalized spacial score (nSPS) is 13.3. The highest BCUT2D eigenvalue weighted by Crippen LogP contribution is 2.22. The summed E-state index contributed by atoms with van der Waals surface area (Å²) in [7, 11) is 1.69. The van der Waals surface area contributed by atoms with Gasteiger partial charge in [-0.05, 0) is 31.9 Å². The van der Waals surface area contributed by atoms with Crippen molar-refractivity contribution in [2.24, 2.45) is 5.73 Å². The minimum absolute atomic E-state index is 0.168. The lowest BCUT2D eigenvalue weighted by molar-refractivity contribution is 0.364. The lowest BCUT2D eigenvalue weighted by atomic mass is 9.92. The number of rotatable bonds is 6. The van der Waals surface area contributed by atoms with E-state index in [1.165, 1.54) is 0 Å². The number of ether oxygens (including phenoxy) is 1. The maximum absolute atomic E-state index is 5.88. The van der Waals surface area contributed by atoms with Crippen LogP contribution in [0.15, 0.2) is 24.3 Å². The molecule has 0 aromatic heterocycles. The molecule has 0 heterocycles. The molecular formula is C15H22N2O. The minimum Gasteiger partial charge on any atom is -0.496 e. The van der Waals surface area contributed by atoms with Gasteiger partial charge in [-0.25, -0.2) is 0 Å². The van der Waals surface area contributed by atoms with Crippen molar-refractivity contribution in [1.82, 2.24) is 5.32 Å². The first kappa shape index (κ1) is 14.6. The molecule has 0 fully saturated rings. The molecule has 3 nitrogen and oxygen atoms in total. The molecule has 0 aliphatic heterocycles. The average molecular weight is 246 g/mol. The van der Waals surface area contributed by atoms with E-state index in [1.54, 1.807) is 7.11 Å². The first-order chi connectivity index (χ1) is 8.65. The highest BCUT2D eigenvalue weighted by molar-refractivity contribution is 5.34. The lowest BCUT2D eigenvalue weighted by Gasteiger charge is -2.29. The van der Waals surface area contributed by atoms with Crippen molar-refractivity contribution in [1.29, 1.82) is 0 Å². The van der Waals surface area contributed by atoms with Crippen molar-refractivity contribution in [3.63, 3.8) is 0 Å². The Labute approximate surface area is 110 Å². The molecule has 1 rings (SSSR count). The summed E-state index contributed by atoms with van der Waals surface area (Å²) in [4.78, 5) is 0. The number of nitrogens with one attached hydrogen (secondary N) is 1. The maximum atomic E-state index is 5.88. The van der Waals surface area contributed by atoms with E-state index in [0.29, 0.717) is 13.1 Å². The smallest absolute Gasteiger partial charge is 0.122 e. The van der Waals surface area contributed by atoms with Crippen LogP contribution in [-0.4, -0.2) is 25.7 Å². The van der Waals surface area contributed by atoms with E-state index in [-0.39, 0.29) is 5.54 Å². The van der Waals surface area contributed by atoms with Gasteiger partial charge in [0.25, 0.3) is 0 Å². The van der Waals surface area contributed by atoms with E-state index >= 15 is 0 Å². The maximum Gasteiger partial charge on any atom is 0.122 e. The summed E-state index contributed by atoms with van der Waals surface area (Å²) < 4.78 is 5.36. The van der Waals surface area contributed by atoms with E-state index < -0.39 is 0 Å². The van der Waals surface area contributed by atoms with Gasteiger partial charge in [0.1, 0.15) is 5.75 Å². The largest absolute Gasteiger partial charge is 0.496 e. The van der Waals surface area contributed by atoms with Gasteiger partial charge in [0, 0.05) is 12.1 Å². The molecular weight excluding hydrogens is 224 g/mol. The van der Waals surface area contributed by atoms with Crippen molar-refractivity contribution < 1.29 is 4.74 Å². The van der Waals surface area contributed by atoms with Crippen molar-refractivity contribution in [3.05, 3.63) is 29.8 Å². The summed E-state index contributed by atoms with van der Waals surface area (Å²) in [5.41, 5.74) is 6.87. The summed E-state index contributed by atoms with van der Waals surface area (Å²) in [6.07, 6.45) is 0.818. The number of methoxy groups -OCH3 is 1. The van der Waals surface area contributed by atoms with Gasteiger partial charge >= 0.3 is 0 Å². The highest BCUT2D eigenvalue weighted by atomic mass is 16.5. The zero-order valence-corrected chi connectivity index (χ0v) is 11.4. The summed E-state index contributed by atoms with van der Waals surface area (Å²) >= 11 is 0. The highest BCUT2D eigenvalue weighted by Gasteiger charge is 2.23. The van der Waals surface area contributed by atoms with Crippen LogP contribution < -0.4 is 15.8 Å². The molecule has 98 valence electrons. The van der Waals surface area contributed by atoms with Crippen LogP contribution in [-0.2, 0) is 6.42 Å². The number of hydrogen-bond acceptors (Lipinski definition) is 3. The number of benzene rings is 1. The Morgan fingerprint density at radius 3 is 2.72 bits per heavy atom. The third-order valence-corrected chi connectivity index (χ3v) is 3.00. The Morgan fingerprint density at radius 2 is 2.11 bits per heavy atom. The summed E-state index contributed by atoms with van der Waals surface area (Å²) in [6, 6.07) is 8.02. The van der Waals surface area contributed by atoms with Crippen molar-refractivity contribution in [2.45, 2.75) is 25.8 Å². The second-order valence-corrected chi connectivity index (χ2v) is 4.53. The first-order valence-electron chi connectivity index (χ1n) is 6.12. The number of hydrogen-bond donors (Lipinski definition) is 2. The van der Waals surface area contributed by atoms with Crippen LogP contribution in [0.25, 0.3) is 0 Å². The van der Waals surface area contributed by atoms with Crippen LogP contribution in [0, 0.1) is 11.8 Å². The van der Waals surface area contributed by atoms with Crippen molar-refractivity contribution in [3.8, 4) is 17.6 Å². The third kappa shape index (κ3) is 4.06. The predicted molar refractivity (Wildman–Crippen MR) is 75.6 cm³/mol. The summed E-state index contributed by atoms with van der Waals surface area (Å²) in [5, 5.41) is 3.39. The molecule has 0 saturated carbocycles. The molecule has 0 aliphatic carbocycles. The van der Waals surface area contributed by atoms with E-state index in [0.717, 1.165) is 17.7 Å². The Bertz CT molecular complexity index is 434. The van der Waals surface area contributed by atoms with Gasteiger partial charge in [0.2, 0.25) is 0 Å². The SMILES string of the molecule is CC#CCNC(C)(CN)Cc1ccccc1OC. The van der Waals surface area contributed by atoms with E-state index in [2.05, 4.69) is 30.1 Å². The molecule has 3 heteroatoms. The molecule has 0 radical (unpaired) electrons. The molecule has 0 amide bonds. The van der Waals surface area contributed by atoms with Gasteiger partial charge in [0.05, 0.1) is 13.7 Å². The van der Waals surface area contributed by atoms with Gasteiger partial charge < -0.3 is 10.5 Å². The lowest BCUT2D eigenvalue weighted by Crippen LogP contribution is -2.50. The van der Waals surface area contributed by atoms with E-state index in [9.17, 15) is 0 Å². The Hall–Kier alpha value is -1.50. The zero-order valence-electron chi connectivity index (χ0n) is 11.4. The van der Waals surface area contributed by atoms with Crippen molar-refractivity contribution in [2.75, 3.05) is 20.2 Å². The molecule has 0 aliphatic rings. The monoisotopic (exact) mass is 246 g/mol. The summed E-state index contributed by atoms with van der Waals surface area (Å²) in [5.74, 6) is 6.78. The number of para-hydroxylation sites is 1. The van der Waals surface area contributed by atoms with Crippen LogP contribution in [0.3, 0.4) is 0 Å². The van der Waals surface area contributed by atoms with Gasteiger partial charge in [-0.3, -0.25) is 5.32 Å². The van der Waals surface area contributed by atoms with Crippen LogP contribution in [0.5, 0.6) is 5.75 Å². The van der Waals surface area contributed by atoms with Gasteiger partial charge in [-0.15, -0.1) is 5.92 Å². The topological polar surface area (TPSA) is 47.3 Å². The standard InChI is InChI=1S/C15H22N2O/c1-4-5-10-17-15(2,12-16)11-13-8-6-7-9-14(13)18-3/h6-9,17H,10-12,16H2,1-3H3. The molecule has 3 N–H and O–H groups in total. The average Bonchev–Trinajstić information content (AvgIpc) is 2.40. The molecule has 1 atom stereocenters. The fraction of sp³-hybridized carbons (Fsp3) is 0.467. The summed E-state index contributed by atoms with van der Waals surface area (Å²) in [6.45, 7) is 5.15. The van der Waals surface area contributed by atoms with Crippen LogP contribution in [0.4, 0.5) is 0 Å². The molecule has 0 spiro atoms. The fourth-order valence-corrected chi connectivity index (χ4v) is 1.82. The van der Waals surface area contributed by atoms with Gasteiger partial charge in [-0.2, -0.15) is 0 Å². The zero-order chi connectivity index (χ0) is 13.4. The minimum atomic E-state index is -0.168. The Kier molecular flexibility index (Phi) is 5.70. The quantitative estimate of drug-likeness (QED) is 0.749. The first-order valence-corrected chi connectivity index (χ1v) is 6.12. The Morgan fingerprint density at radius 1 is 1.39 bits per heavy atom. The van der Waals surface area contributed by atoms with E-state index in [1.807, 2.05) is 25.1 Å². The number of nitrogens with two attached hydrogens (primary N) is 1. The molecule has 0 bridgehead atoms. The van der Waals surface area contributed by atoms with Gasteiger partial charge in [-0.1, -0.05) is 24.1 Å². The van der Waals surface area contributed by atoms with Gasteiger partial charge in [0.15, 0.2) is 0 Å². The van der Waals surface area contributed by atoms with Crippen molar-refractivity contribution >= 4 is 0 Å². The second-order valence-electron chi connectivity index (χ2n) is 4.53. The molecule has 18 heavy (non-hydrogen) atoms. The predicted octanol–water partition coefficient (Wildman–Crippen LogP) is 1.57. The molecule has 0 saturated heterocycles. The van der Waals surface area contributed by atoms with Crippen LogP contribution >= 0.6 is 0 Å². The fourth-order valence-electron chi connectivity index (χ4n) is 1.82. The second kappa shape index (κ2) is 7.05. The molecule has 1 aromatic rings.